The topological polar surface area (TPSA) is 66.9 Å². The Balaban J connectivity index is 1.51. The quantitative estimate of drug-likeness (QED) is 0.398. The molecule has 1 aromatic heterocycles. The largest absolute Gasteiger partial charge is 0.377 e. The van der Waals surface area contributed by atoms with Crippen molar-refractivity contribution in [3.63, 3.8) is 0 Å². The van der Waals surface area contributed by atoms with Crippen molar-refractivity contribution in [2.45, 2.75) is 64.0 Å². The maximum atomic E-state index is 14.2. The molecule has 2 aromatic carbocycles. The first-order valence-corrected chi connectivity index (χ1v) is 15.6. The normalized spacial score (nSPS) is 19.7. The zero-order valence-corrected chi connectivity index (χ0v) is 24.2. The maximum absolute atomic E-state index is 14.2. The van der Waals surface area contributed by atoms with Crippen LogP contribution in [0.2, 0.25) is 0 Å². The Bertz CT molecular complexity index is 1420. The fourth-order valence-electron chi connectivity index (χ4n) is 6.02. The molecule has 8 heteroatoms. The van der Waals surface area contributed by atoms with Crippen LogP contribution < -0.4 is 0 Å². The number of nitrogens with zero attached hydrogens (tertiary/aromatic N) is 2. The fraction of sp³-hybridized carbons (Fsp3) is 0.433. The van der Waals surface area contributed by atoms with E-state index in [1.165, 1.54) is 9.18 Å². The highest BCUT2D eigenvalue weighted by Gasteiger charge is 2.38. The lowest BCUT2D eigenvalue weighted by Crippen LogP contribution is -2.48. The van der Waals surface area contributed by atoms with Crippen molar-refractivity contribution in [3.8, 4) is 0 Å². The Morgan fingerprint density at radius 2 is 1.79 bits per heavy atom. The second-order valence-electron chi connectivity index (χ2n) is 10.6. The minimum Gasteiger partial charge on any atom is -0.377 e. The van der Waals surface area contributed by atoms with Crippen molar-refractivity contribution >= 4 is 27.3 Å². The molecule has 0 unspecified atom stereocenters. The van der Waals surface area contributed by atoms with Crippen LogP contribution in [0.3, 0.4) is 0 Å². The van der Waals surface area contributed by atoms with E-state index in [-0.39, 0.29) is 31.1 Å². The van der Waals surface area contributed by atoms with Crippen LogP contribution in [0.1, 0.15) is 57.1 Å². The third-order valence-corrected chi connectivity index (χ3v) is 10.8. The van der Waals surface area contributed by atoms with Gasteiger partial charge in [0.25, 0.3) is 0 Å². The van der Waals surface area contributed by atoms with Gasteiger partial charge in [0.2, 0.25) is 15.9 Å². The first-order valence-electron chi connectivity index (χ1n) is 13.3. The van der Waals surface area contributed by atoms with E-state index in [9.17, 15) is 13.2 Å². The third kappa shape index (κ3) is 5.19. The molecule has 0 aliphatic carbocycles. The second kappa shape index (κ2) is 10.9. The lowest BCUT2D eigenvalue weighted by Gasteiger charge is -2.38. The van der Waals surface area contributed by atoms with Gasteiger partial charge in [-0.3, -0.25) is 4.79 Å². The van der Waals surface area contributed by atoms with Gasteiger partial charge in [-0.05, 0) is 86.2 Å². The van der Waals surface area contributed by atoms with E-state index in [1.807, 2.05) is 49.9 Å². The van der Waals surface area contributed by atoms with Crippen LogP contribution in [0.5, 0.6) is 0 Å². The number of fused-ring (bicyclic) bond motifs is 1. The molecule has 2 aliphatic heterocycles. The van der Waals surface area contributed by atoms with E-state index >= 15 is 0 Å². The summed E-state index contributed by atoms with van der Waals surface area (Å²) in [5.41, 5.74) is 5.75. The minimum atomic E-state index is -3.93. The average molecular weight is 553 g/mol. The zero-order valence-electron chi connectivity index (χ0n) is 22.6. The van der Waals surface area contributed by atoms with Crippen molar-refractivity contribution in [1.29, 1.82) is 0 Å². The summed E-state index contributed by atoms with van der Waals surface area (Å²) in [4.78, 5) is 17.6. The predicted molar refractivity (Wildman–Crippen MR) is 151 cm³/mol. The highest BCUT2D eigenvalue weighted by Crippen LogP contribution is 2.39. The smallest absolute Gasteiger partial charge is 0.244 e. The Morgan fingerprint density at radius 1 is 1.05 bits per heavy atom. The molecule has 2 aliphatic rings. The molecule has 0 N–H and O–H groups in total. The number of aryl methyl sites for hydroxylation is 4. The summed E-state index contributed by atoms with van der Waals surface area (Å²) in [6.45, 7) is 8.83. The van der Waals surface area contributed by atoms with Crippen molar-refractivity contribution < 1.29 is 17.9 Å². The molecule has 6 nitrogen and oxygen atoms in total. The number of rotatable bonds is 7. The van der Waals surface area contributed by atoms with Gasteiger partial charge in [-0.25, -0.2) is 8.42 Å². The summed E-state index contributed by atoms with van der Waals surface area (Å²) in [5, 5.41) is 2.08. The summed E-state index contributed by atoms with van der Waals surface area (Å²) in [6.07, 6.45) is 2.26. The Morgan fingerprint density at radius 3 is 2.47 bits per heavy atom. The number of hydrogen-bond donors (Lipinski definition) is 0. The molecule has 202 valence electrons. The van der Waals surface area contributed by atoms with Gasteiger partial charge in [0, 0.05) is 24.6 Å². The van der Waals surface area contributed by atoms with Gasteiger partial charge in [-0.15, -0.1) is 11.3 Å². The molecule has 1 amide bonds. The predicted octanol–water partition coefficient (Wildman–Crippen LogP) is 5.33. The standard InChI is InChI=1S/C30H36N2O4S2/c1-20-16-22(3)30(23(4)17-20)38(34,35)31(18-24-9-7-14-36-24)19-28(33)32-13-11-27-26(12-15-37-27)29(32)25-10-6-5-8-21(25)2/h5-6,8,10,12,15-17,24,29H,7,9,11,13-14,18-19H2,1-4H3/t24-,29+/m0/s1. The first kappa shape index (κ1) is 27.1. The van der Waals surface area contributed by atoms with Crippen molar-refractivity contribution in [2.75, 3.05) is 26.2 Å². The molecule has 38 heavy (non-hydrogen) atoms. The highest BCUT2D eigenvalue weighted by atomic mass is 32.2. The van der Waals surface area contributed by atoms with Gasteiger partial charge in [0.05, 0.1) is 23.6 Å². The van der Waals surface area contributed by atoms with Crippen LogP contribution in [0.15, 0.2) is 52.7 Å². The van der Waals surface area contributed by atoms with Crippen molar-refractivity contribution in [1.82, 2.24) is 9.21 Å². The van der Waals surface area contributed by atoms with Crippen molar-refractivity contribution in [2.24, 2.45) is 0 Å². The molecule has 5 rings (SSSR count). The minimum absolute atomic E-state index is 0.174. The molecular formula is C30H36N2O4S2. The molecule has 0 spiro atoms. The summed E-state index contributed by atoms with van der Waals surface area (Å²) in [5.74, 6) is -0.181. The number of amides is 1. The van der Waals surface area contributed by atoms with E-state index in [1.54, 1.807) is 11.3 Å². The molecule has 0 saturated carbocycles. The van der Waals surface area contributed by atoms with Crippen LogP contribution in [0.4, 0.5) is 0 Å². The number of carbonyl (C=O) groups excluding carboxylic acids is 1. The van der Waals surface area contributed by atoms with Crippen LogP contribution in [0, 0.1) is 27.7 Å². The van der Waals surface area contributed by atoms with Gasteiger partial charge in [0.1, 0.15) is 0 Å². The molecule has 1 saturated heterocycles. The van der Waals surface area contributed by atoms with Crippen LogP contribution in [0.25, 0.3) is 0 Å². The van der Waals surface area contributed by atoms with Crippen LogP contribution in [-0.2, 0) is 26.0 Å². The van der Waals surface area contributed by atoms with Gasteiger partial charge in [-0.1, -0.05) is 42.0 Å². The summed E-state index contributed by atoms with van der Waals surface area (Å²) in [6, 6.07) is 13.8. The molecule has 0 bridgehead atoms. The molecule has 2 atom stereocenters. The monoisotopic (exact) mass is 552 g/mol. The number of sulfonamides is 1. The first-order chi connectivity index (χ1) is 18.2. The van der Waals surface area contributed by atoms with Gasteiger partial charge < -0.3 is 9.64 Å². The van der Waals surface area contributed by atoms with E-state index in [4.69, 9.17) is 4.74 Å². The Kier molecular flexibility index (Phi) is 7.78. The van der Waals surface area contributed by atoms with Gasteiger partial charge in [0.15, 0.2) is 0 Å². The molecule has 1 fully saturated rings. The van der Waals surface area contributed by atoms with Crippen LogP contribution in [-0.4, -0.2) is 55.9 Å². The average Bonchev–Trinajstić information content (AvgIpc) is 3.54. The lowest BCUT2D eigenvalue weighted by molar-refractivity contribution is -0.133. The lowest BCUT2D eigenvalue weighted by atomic mass is 9.90. The van der Waals surface area contributed by atoms with Crippen LogP contribution >= 0.6 is 11.3 Å². The van der Waals surface area contributed by atoms with Crippen molar-refractivity contribution in [3.05, 3.63) is 86.1 Å². The second-order valence-corrected chi connectivity index (χ2v) is 13.4. The number of hydrogen-bond acceptors (Lipinski definition) is 5. The van der Waals surface area contributed by atoms with E-state index in [0.29, 0.717) is 29.2 Å². The van der Waals surface area contributed by atoms with Gasteiger partial charge >= 0.3 is 0 Å². The molecular weight excluding hydrogens is 516 g/mol. The van der Waals surface area contributed by atoms with Gasteiger partial charge in [-0.2, -0.15) is 4.31 Å². The summed E-state index contributed by atoms with van der Waals surface area (Å²) >= 11 is 1.72. The third-order valence-electron chi connectivity index (χ3n) is 7.71. The van der Waals surface area contributed by atoms with E-state index in [2.05, 4.69) is 30.5 Å². The van der Waals surface area contributed by atoms with E-state index < -0.39 is 10.0 Å². The SMILES string of the molecule is Cc1cc(C)c(S(=O)(=O)N(CC(=O)N2CCc3sccc3[C@H]2c2ccccc2C)C[C@@H]2CCCO2)c(C)c1. The summed E-state index contributed by atoms with van der Waals surface area (Å²) in [7, 11) is -3.93. The number of thiophene rings is 1. The zero-order chi connectivity index (χ0) is 27.0. The molecule has 3 aromatic rings. The Hall–Kier alpha value is -2.52. The number of benzene rings is 2. The Labute approximate surface area is 230 Å². The number of ether oxygens (including phenoxy) is 1. The maximum Gasteiger partial charge on any atom is 0.244 e. The van der Waals surface area contributed by atoms with E-state index in [0.717, 1.165) is 41.5 Å². The summed E-state index contributed by atoms with van der Waals surface area (Å²) < 4.78 is 35.5. The highest BCUT2D eigenvalue weighted by molar-refractivity contribution is 7.89. The fourth-order valence-corrected chi connectivity index (χ4v) is 8.76. The molecule has 3 heterocycles. The number of carbonyl (C=O) groups is 1. The molecule has 0 radical (unpaired) electrons.